The molecule has 0 fully saturated rings. The van der Waals surface area contributed by atoms with Gasteiger partial charge in [-0.25, -0.2) is 9.24 Å². The molecule has 10 nitrogen and oxygen atoms in total. The summed E-state index contributed by atoms with van der Waals surface area (Å²) in [4.78, 5) is 3.65. The molecule has 6 aromatic heterocycles. The van der Waals surface area contributed by atoms with E-state index in [1.54, 1.807) is 6.07 Å². The average molecular weight is 1580 g/mol. The Morgan fingerprint density at radius 3 is 1.21 bits per heavy atom. The third-order valence-corrected chi connectivity index (χ3v) is 21.4. The van der Waals surface area contributed by atoms with Gasteiger partial charge in [0.05, 0.1) is 85.3 Å². The molecule has 0 saturated carbocycles. The van der Waals surface area contributed by atoms with E-state index in [1.165, 1.54) is 55.9 Å². The predicted octanol–water partition coefficient (Wildman–Crippen LogP) is 29.3. The highest BCUT2D eigenvalue weighted by Gasteiger charge is 2.25. The summed E-state index contributed by atoms with van der Waals surface area (Å²) in [5.74, 6) is -0.397. The number of para-hydroxylation sites is 7. The molecule has 0 saturated heterocycles. The van der Waals surface area contributed by atoms with E-state index in [0.717, 1.165) is 149 Å². The van der Waals surface area contributed by atoms with Gasteiger partial charge >= 0.3 is 0 Å². The Morgan fingerprint density at radius 2 is 0.723 bits per heavy atom. The fourth-order valence-electron chi connectivity index (χ4n) is 16.0. The molecule has 0 amide bonds. The van der Waals surface area contributed by atoms with Crippen LogP contribution in [-0.2, 0) is 6.42 Å². The van der Waals surface area contributed by atoms with E-state index in [1.807, 2.05) is 109 Å². The van der Waals surface area contributed by atoms with Crippen LogP contribution in [0.15, 0.2) is 326 Å². The Morgan fingerprint density at radius 1 is 0.339 bits per heavy atom. The zero-order chi connectivity index (χ0) is 72.8. The van der Waals surface area contributed by atoms with Gasteiger partial charge in [-0.3, -0.25) is 0 Å². The highest BCUT2D eigenvalue weighted by molar-refractivity contribution is 9.10. The van der Waals surface area contributed by atoms with Crippen molar-refractivity contribution in [3.63, 3.8) is 0 Å². The Kier molecular flexibility index (Phi) is 19.6. The minimum absolute atomic E-state index is 0. The topological polar surface area (TPSA) is 130 Å². The van der Waals surface area contributed by atoms with Crippen LogP contribution in [0.4, 0.5) is 10.1 Å². The number of halogens is 3. The Balaban J connectivity index is 0.000000133. The minimum Gasteiger partial charge on any atom is -0.456 e. The number of benzene rings is 15. The Labute approximate surface area is 662 Å². The monoisotopic (exact) mass is 1580 g/mol. The maximum absolute atomic E-state index is 12.4. The summed E-state index contributed by atoms with van der Waals surface area (Å²) >= 11 is 6.64. The number of hydrogen-bond acceptors (Lipinski definition) is 6. The lowest BCUT2D eigenvalue weighted by Gasteiger charge is -2.14. The molecule has 21 aromatic rings. The summed E-state index contributed by atoms with van der Waals surface area (Å²) in [6.07, 6.45) is 1.01. The molecular formula is C99H68Br2FN7O3. The molecule has 22 rings (SSSR count). The second kappa shape index (κ2) is 29.8. The molecule has 0 spiro atoms. The lowest BCUT2D eigenvalue weighted by molar-refractivity contribution is 0.626. The second-order valence-corrected chi connectivity index (χ2v) is 28.5. The zero-order valence-electron chi connectivity index (χ0n) is 57.1. The summed E-state index contributed by atoms with van der Waals surface area (Å²) in [7, 11) is 0. The number of fused-ring (bicyclic) bond motifs is 24. The van der Waals surface area contributed by atoms with Gasteiger partial charge in [0.2, 0.25) is 0 Å². The summed E-state index contributed by atoms with van der Waals surface area (Å²) in [5, 5.41) is 42.6. The summed E-state index contributed by atoms with van der Waals surface area (Å²) in [6.45, 7) is 7.48. The molecule has 0 aliphatic heterocycles. The number of nitriles is 3. The zero-order valence-corrected chi connectivity index (χ0v) is 60.2. The molecule has 0 N–H and O–H groups in total. The molecule has 538 valence electrons. The van der Waals surface area contributed by atoms with E-state index < -0.39 is 5.82 Å². The van der Waals surface area contributed by atoms with Gasteiger partial charge in [-0.15, -0.1) is 0 Å². The van der Waals surface area contributed by atoms with Gasteiger partial charge in [0.1, 0.15) is 39.3 Å². The first-order chi connectivity index (χ1) is 53.1. The standard InChI is InChI=1S/C44H24N4O.C25H13BrN2O.C19H12O.C7H3BrFN.4CH4/c45-25-27-19-29(23-31(21-27)47-38-13-5-1-9-33(38)34-10-2-6-14-39(34)47)30-20-28(26-46)22-32(24-30)48-40-15-7-3-11-35(40)36-17-18-42-43(44(36)48)37-12-4-8-16-41(37)49-42;1-27-16-12-15(26)13-17(14-16)28-21-8-4-2-6-18(21)19-10-11-23-24(25(19)28)20-7-3-5-9-22(20)29-23;1-2-6-13-12(5-1)11-16-14(13)9-10-18-19(16)15-7-3-4-8-17(15)20-18;8-6-1-5(4-10)2-7(9)3-6;;;;/h1-24H;2-14H;1-10H,11H2;1-3H;4*1H4. The van der Waals surface area contributed by atoms with Crippen LogP contribution in [0.2, 0.25) is 0 Å². The molecule has 6 heterocycles. The highest BCUT2D eigenvalue weighted by Crippen LogP contribution is 2.47. The van der Waals surface area contributed by atoms with Gasteiger partial charge in [0.15, 0.2) is 5.69 Å². The van der Waals surface area contributed by atoms with Gasteiger partial charge in [-0.05, 0) is 185 Å². The number of hydrogen-bond donors (Lipinski definition) is 0. The van der Waals surface area contributed by atoms with Crippen LogP contribution in [0.1, 0.15) is 57.5 Å². The number of rotatable bonds is 4. The SMILES string of the molecule is C.C.C.C.N#Cc1cc(-c2cc(C#N)cc(-n3c4ccccc4c4ccc5oc6ccccc6c5c43)c2)cc(-n2c3ccccc3c3ccccc32)c1.N#Cc1cc(F)cc(Br)c1.[C-]#[N+]c1cc(Br)cc(-n2c3ccccc3c3ccc4oc5ccccc5c4c32)c1.c1ccc2c(c1)Cc1c-2ccc2oc3ccccc3c12. The van der Waals surface area contributed by atoms with Crippen molar-refractivity contribution in [2.75, 3.05) is 0 Å². The van der Waals surface area contributed by atoms with Crippen molar-refractivity contribution in [3.8, 4) is 57.5 Å². The normalized spacial score (nSPS) is 11.2. The van der Waals surface area contributed by atoms with E-state index in [2.05, 4.69) is 245 Å². The van der Waals surface area contributed by atoms with Crippen LogP contribution < -0.4 is 0 Å². The second-order valence-electron chi connectivity index (χ2n) is 26.6. The molecule has 0 atom stereocenters. The first kappa shape index (κ1) is 73.5. The first-order valence-corrected chi connectivity index (χ1v) is 36.5. The van der Waals surface area contributed by atoms with Crippen molar-refractivity contribution in [1.82, 2.24) is 13.7 Å². The number of furan rings is 3. The van der Waals surface area contributed by atoms with E-state index in [0.29, 0.717) is 26.9 Å². The maximum atomic E-state index is 12.4. The van der Waals surface area contributed by atoms with E-state index in [-0.39, 0.29) is 29.7 Å². The van der Waals surface area contributed by atoms with Crippen LogP contribution in [0.25, 0.3) is 175 Å². The largest absolute Gasteiger partial charge is 0.456 e. The van der Waals surface area contributed by atoms with Crippen molar-refractivity contribution in [2.24, 2.45) is 0 Å². The van der Waals surface area contributed by atoms with Gasteiger partial charge in [0.25, 0.3) is 0 Å². The van der Waals surface area contributed by atoms with Crippen LogP contribution in [0.3, 0.4) is 0 Å². The predicted molar refractivity (Wildman–Crippen MR) is 467 cm³/mol. The Bertz CT molecular complexity index is 7470. The van der Waals surface area contributed by atoms with Gasteiger partial charge in [-0.1, -0.05) is 219 Å². The molecule has 112 heavy (non-hydrogen) atoms. The van der Waals surface area contributed by atoms with Crippen molar-refractivity contribution < 1.29 is 17.6 Å². The molecule has 0 unspecified atom stereocenters. The quantitative estimate of drug-likeness (QED) is 0.161. The number of aromatic nitrogens is 3. The van der Waals surface area contributed by atoms with E-state index in [4.69, 9.17) is 25.1 Å². The van der Waals surface area contributed by atoms with E-state index >= 15 is 0 Å². The van der Waals surface area contributed by atoms with Crippen LogP contribution in [0.5, 0.6) is 0 Å². The maximum Gasteiger partial charge on any atom is 0.190 e. The molecule has 1 aliphatic rings. The third kappa shape index (κ3) is 12.3. The first-order valence-electron chi connectivity index (χ1n) is 34.9. The smallest absolute Gasteiger partial charge is 0.190 e. The Hall–Kier alpha value is -14.1. The molecule has 15 aromatic carbocycles. The van der Waals surface area contributed by atoms with E-state index in [9.17, 15) is 14.9 Å². The highest BCUT2D eigenvalue weighted by atomic mass is 79.9. The molecule has 1 aliphatic carbocycles. The molecular weight excluding hydrogens is 1510 g/mol. The average Bonchev–Trinajstić information content (AvgIpc) is 1.56. The van der Waals surface area contributed by atoms with Crippen molar-refractivity contribution >= 4 is 169 Å². The fraction of sp³-hybridized carbons (Fsp3) is 0.0505. The van der Waals surface area contributed by atoms with Gasteiger partial charge in [-0.2, -0.15) is 15.8 Å². The van der Waals surface area contributed by atoms with Crippen LogP contribution >= 0.6 is 31.9 Å². The van der Waals surface area contributed by atoms with Crippen LogP contribution in [-0.4, -0.2) is 13.7 Å². The third-order valence-electron chi connectivity index (χ3n) is 20.4. The summed E-state index contributed by atoms with van der Waals surface area (Å²) < 4.78 is 39.1. The van der Waals surface area contributed by atoms with Crippen molar-refractivity contribution in [3.05, 3.63) is 357 Å². The van der Waals surface area contributed by atoms with Gasteiger partial charge < -0.3 is 27.0 Å². The van der Waals surface area contributed by atoms with Crippen molar-refractivity contribution in [1.29, 1.82) is 15.8 Å². The lowest BCUT2D eigenvalue weighted by atomic mass is 9.99. The number of nitrogens with zero attached hydrogens (tertiary/aromatic N) is 7. The van der Waals surface area contributed by atoms with Crippen LogP contribution in [0, 0.1) is 46.4 Å². The fourth-order valence-corrected chi connectivity index (χ4v) is 17.0. The molecule has 13 heteroatoms. The molecule has 0 bridgehead atoms. The summed E-state index contributed by atoms with van der Waals surface area (Å²) in [5.41, 5.74) is 23.7. The molecule has 0 radical (unpaired) electrons. The lowest BCUT2D eigenvalue weighted by Crippen LogP contribution is -1.98. The van der Waals surface area contributed by atoms with Gasteiger partial charge in [0, 0.05) is 79.9 Å². The summed E-state index contributed by atoms with van der Waals surface area (Å²) in [6, 6.07) is 108. The van der Waals surface area contributed by atoms with Crippen molar-refractivity contribution in [2.45, 2.75) is 36.1 Å². The minimum atomic E-state index is -0.397.